The molecule has 0 bridgehead atoms. The lowest BCUT2D eigenvalue weighted by Crippen LogP contribution is -2.30. The lowest BCUT2D eigenvalue weighted by atomic mass is 10.0. The topological polar surface area (TPSA) is 78.9 Å². The quantitative estimate of drug-likeness (QED) is 0.0343. The molecule has 0 saturated heterocycles. The van der Waals surface area contributed by atoms with Crippen molar-refractivity contribution in [3.8, 4) is 0 Å². The van der Waals surface area contributed by atoms with E-state index in [0.29, 0.717) is 19.3 Å². The maximum absolute atomic E-state index is 12.8. The van der Waals surface area contributed by atoms with Crippen molar-refractivity contribution in [1.82, 2.24) is 0 Å². The summed E-state index contributed by atoms with van der Waals surface area (Å²) in [4.78, 5) is 38.0. The first-order chi connectivity index (χ1) is 34.5. The number of carbonyl (C=O) groups is 3. The SMILES string of the molecule is CCCCCCCCCCCCCCCCCCCCCCCCCCCCCCCCC(=O)OCC(COC(=O)CCCCCCCCCCC)OC(=O)CCCCCCCCCCCCCCC. The first kappa shape index (κ1) is 68.4. The van der Waals surface area contributed by atoms with Crippen LogP contribution in [0, 0.1) is 0 Å². The molecule has 0 aliphatic rings. The molecule has 0 fully saturated rings. The zero-order valence-electron chi connectivity index (χ0n) is 47.8. The van der Waals surface area contributed by atoms with Gasteiger partial charge in [0.2, 0.25) is 0 Å². The van der Waals surface area contributed by atoms with E-state index in [4.69, 9.17) is 14.2 Å². The highest BCUT2D eigenvalue weighted by atomic mass is 16.6. The molecule has 0 saturated carbocycles. The standard InChI is InChI=1S/C64H124O6/c1-4-7-10-13-16-19-21-23-24-25-26-27-28-29-30-31-32-33-34-35-36-37-38-39-41-42-45-48-51-54-57-63(66)69-60-61(59-68-62(65)56-53-50-47-44-18-15-12-9-6-3)70-64(67)58-55-52-49-46-43-40-22-20-17-14-11-8-5-2/h61H,4-60H2,1-3H3. The molecule has 6 nitrogen and oxygen atoms in total. The lowest BCUT2D eigenvalue weighted by molar-refractivity contribution is -0.167. The molecule has 1 unspecified atom stereocenters. The summed E-state index contributed by atoms with van der Waals surface area (Å²) in [5.41, 5.74) is 0. The number of rotatable bonds is 60. The van der Waals surface area contributed by atoms with E-state index in [-0.39, 0.29) is 31.1 Å². The van der Waals surface area contributed by atoms with Gasteiger partial charge in [-0.25, -0.2) is 0 Å². The fourth-order valence-electron chi connectivity index (χ4n) is 10.0. The summed E-state index contributed by atoms with van der Waals surface area (Å²) >= 11 is 0. The first-order valence-corrected chi connectivity index (χ1v) is 32.0. The second-order valence-corrected chi connectivity index (χ2v) is 22.1. The second kappa shape index (κ2) is 60.0. The number of ether oxygens (including phenoxy) is 3. The van der Waals surface area contributed by atoms with Crippen LogP contribution >= 0.6 is 0 Å². The fraction of sp³-hybridized carbons (Fsp3) is 0.953. The van der Waals surface area contributed by atoms with Gasteiger partial charge >= 0.3 is 17.9 Å². The summed E-state index contributed by atoms with van der Waals surface area (Å²) in [7, 11) is 0. The molecule has 0 aromatic rings. The molecule has 0 aliphatic carbocycles. The molecular formula is C64H124O6. The molecule has 70 heavy (non-hydrogen) atoms. The maximum Gasteiger partial charge on any atom is 0.306 e. The van der Waals surface area contributed by atoms with Crippen LogP contribution < -0.4 is 0 Å². The summed E-state index contributed by atoms with van der Waals surface area (Å²) in [6, 6.07) is 0. The van der Waals surface area contributed by atoms with Crippen molar-refractivity contribution in [3.05, 3.63) is 0 Å². The van der Waals surface area contributed by atoms with Crippen molar-refractivity contribution in [2.75, 3.05) is 13.2 Å². The van der Waals surface area contributed by atoms with Crippen molar-refractivity contribution in [2.45, 2.75) is 380 Å². The van der Waals surface area contributed by atoms with Gasteiger partial charge in [-0.1, -0.05) is 335 Å². The van der Waals surface area contributed by atoms with Crippen LogP contribution in [0.5, 0.6) is 0 Å². The minimum absolute atomic E-state index is 0.0614. The van der Waals surface area contributed by atoms with Gasteiger partial charge in [0.1, 0.15) is 13.2 Å². The Kier molecular flexibility index (Phi) is 58.6. The third-order valence-corrected chi connectivity index (χ3v) is 14.9. The second-order valence-electron chi connectivity index (χ2n) is 22.1. The fourth-order valence-corrected chi connectivity index (χ4v) is 10.0. The number of carbonyl (C=O) groups excluding carboxylic acids is 3. The minimum Gasteiger partial charge on any atom is -0.462 e. The third kappa shape index (κ3) is 57.3. The van der Waals surface area contributed by atoms with Crippen LogP contribution in [0.25, 0.3) is 0 Å². The largest absolute Gasteiger partial charge is 0.462 e. The van der Waals surface area contributed by atoms with Gasteiger partial charge in [0.15, 0.2) is 6.10 Å². The van der Waals surface area contributed by atoms with Gasteiger partial charge < -0.3 is 14.2 Å². The normalized spacial score (nSPS) is 11.9. The van der Waals surface area contributed by atoms with Crippen LogP contribution in [0.15, 0.2) is 0 Å². The molecule has 0 rings (SSSR count). The van der Waals surface area contributed by atoms with E-state index in [9.17, 15) is 14.4 Å². The van der Waals surface area contributed by atoms with E-state index in [1.165, 1.54) is 276 Å². The van der Waals surface area contributed by atoms with Gasteiger partial charge in [0, 0.05) is 19.3 Å². The summed E-state index contributed by atoms with van der Waals surface area (Å²) in [6.07, 6.45) is 68.6. The highest BCUT2D eigenvalue weighted by molar-refractivity contribution is 5.71. The van der Waals surface area contributed by atoms with Crippen molar-refractivity contribution >= 4 is 17.9 Å². The van der Waals surface area contributed by atoms with Crippen molar-refractivity contribution < 1.29 is 28.6 Å². The van der Waals surface area contributed by atoms with E-state index in [2.05, 4.69) is 20.8 Å². The average Bonchev–Trinajstić information content (AvgIpc) is 3.36. The molecule has 416 valence electrons. The van der Waals surface area contributed by atoms with Crippen LogP contribution in [0.4, 0.5) is 0 Å². The molecule has 6 heteroatoms. The Bertz CT molecular complexity index is 1040. The molecule has 1 atom stereocenters. The molecule has 0 heterocycles. The first-order valence-electron chi connectivity index (χ1n) is 32.0. The Morgan fingerprint density at radius 3 is 0.571 bits per heavy atom. The van der Waals surface area contributed by atoms with Gasteiger partial charge in [0.05, 0.1) is 0 Å². The zero-order chi connectivity index (χ0) is 50.7. The van der Waals surface area contributed by atoms with Crippen molar-refractivity contribution in [1.29, 1.82) is 0 Å². The van der Waals surface area contributed by atoms with Crippen LogP contribution in [0.2, 0.25) is 0 Å². The number of hydrogen-bond donors (Lipinski definition) is 0. The molecule has 0 N–H and O–H groups in total. The highest BCUT2D eigenvalue weighted by Crippen LogP contribution is 2.19. The molecular weight excluding hydrogens is 865 g/mol. The Hall–Kier alpha value is -1.59. The molecule has 0 aliphatic heterocycles. The number of esters is 3. The molecule has 0 radical (unpaired) electrons. The number of unbranched alkanes of at least 4 members (excludes halogenated alkanes) is 49. The molecule has 0 aromatic carbocycles. The minimum atomic E-state index is -0.760. The molecule has 0 aromatic heterocycles. The monoisotopic (exact) mass is 989 g/mol. The number of hydrogen-bond acceptors (Lipinski definition) is 6. The van der Waals surface area contributed by atoms with E-state index in [1.54, 1.807) is 0 Å². The van der Waals surface area contributed by atoms with E-state index in [0.717, 1.165) is 57.8 Å². The van der Waals surface area contributed by atoms with E-state index in [1.807, 2.05) is 0 Å². The van der Waals surface area contributed by atoms with Crippen molar-refractivity contribution in [3.63, 3.8) is 0 Å². The summed E-state index contributed by atoms with van der Waals surface area (Å²) in [6.45, 7) is 6.69. The van der Waals surface area contributed by atoms with E-state index >= 15 is 0 Å². The predicted octanol–water partition coefficient (Wildman–Crippen LogP) is 21.5. The maximum atomic E-state index is 12.8. The lowest BCUT2D eigenvalue weighted by Gasteiger charge is -2.18. The van der Waals surface area contributed by atoms with Crippen molar-refractivity contribution in [2.24, 2.45) is 0 Å². The van der Waals surface area contributed by atoms with Gasteiger partial charge in [-0.05, 0) is 19.3 Å². The van der Waals surface area contributed by atoms with Gasteiger partial charge in [-0.15, -0.1) is 0 Å². The summed E-state index contributed by atoms with van der Waals surface area (Å²) in [5, 5.41) is 0. The third-order valence-electron chi connectivity index (χ3n) is 14.9. The van der Waals surface area contributed by atoms with E-state index < -0.39 is 6.10 Å². The Balaban J connectivity index is 3.98. The average molecular weight is 990 g/mol. The Morgan fingerprint density at radius 1 is 0.229 bits per heavy atom. The van der Waals surface area contributed by atoms with Gasteiger partial charge in [0.25, 0.3) is 0 Å². The van der Waals surface area contributed by atoms with Crippen LogP contribution in [-0.2, 0) is 28.6 Å². The van der Waals surface area contributed by atoms with Crippen LogP contribution in [0.1, 0.15) is 374 Å². The molecule has 0 amide bonds. The molecule has 0 spiro atoms. The Morgan fingerprint density at radius 2 is 0.386 bits per heavy atom. The van der Waals surface area contributed by atoms with Gasteiger partial charge in [-0.2, -0.15) is 0 Å². The highest BCUT2D eigenvalue weighted by Gasteiger charge is 2.19. The predicted molar refractivity (Wildman–Crippen MR) is 303 cm³/mol. The zero-order valence-corrected chi connectivity index (χ0v) is 47.8. The van der Waals surface area contributed by atoms with Gasteiger partial charge in [-0.3, -0.25) is 14.4 Å². The summed E-state index contributed by atoms with van der Waals surface area (Å²) in [5.74, 6) is -0.836. The summed E-state index contributed by atoms with van der Waals surface area (Å²) < 4.78 is 16.9. The van der Waals surface area contributed by atoms with Crippen LogP contribution in [0.3, 0.4) is 0 Å². The Labute approximate surface area is 438 Å². The van der Waals surface area contributed by atoms with Crippen LogP contribution in [-0.4, -0.2) is 37.2 Å². The smallest absolute Gasteiger partial charge is 0.306 e.